The zero-order valence-corrected chi connectivity index (χ0v) is 8.36. The summed E-state index contributed by atoms with van der Waals surface area (Å²) in [5.41, 5.74) is 8.97. The number of nitrogen functional groups attached to an aromatic ring is 1. The standard InChI is InChI=1S/C11H13N3/c1-8-5-3-4-6-10(8)14-7-9(2)11(12)13-14/h3-7H,1-2H3,(H2,12,13). The second-order valence-electron chi connectivity index (χ2n) is 3.43. The fourth-order valence-electron chi connectivity index (χ4n) is 1.42. The summed E-state index contributed by atoms with van der Waals surface area (Å²) < 4.78 is 1.82. The van der Waals surface area contributed by atoms with Gasteiger partial charge >= 0.3 is 0 Å². The molecule has 14 heavy (non-hydrogen) atoms. The third kappa shape index (κ3) is 1.37. The van der Waals surface area contributed by atoms with Gasteiger partial charge < -0.3 is 5.73 Å². The number of anilines is 1. The summed E-state index contributed by atoms with van der Waals surface area (Å²) >= 11 is 0. The van der Waals surface area contributed by atoms with Crippen LogP contribution in [0.3, 0.4) is 0 Å². The van der Waals surface area contributed by atoms with E-state index in [0.717, 1.165) is 11.3 Å². The van der Waals surface area contributed by atoms with E-state index >= 15 is 0 Å². The van der Waals surface area contributed by atoms with Crippen molar-refractivity contribution in [2.75, 3.05) is 5.73 Å². The maximum Gasteiger partial charge on any atom is 0.148 e. The number of para-hydroxylation sites is 1. The van der Waals surface area contributed by atoms with E-state index in [9.17, 15) is 0 Å². The lowest BCUT2D eigenvalue weighted by atomic mass is 10.2. The molecule has 1 aromatic carbocycles. The predicted octanol–water partition coefficient (Wildman–Crippen LogP) is 2.07. The first-order valence-electron chi connectivity index (χ1n) is 4.56. The third-order valence-electron chi connectivity index (χ3n) is 2.30. The van der Waals surface area contributed by atoms with Gasteiger partial charge in [-0.15, -0.1) is 0 Å². The molecule has 0 amide bonds. The van der Waals surface area contributed by atoms with Crippen molar-refractivity contribution in [2.45, 2.75) is 13.8 Å². The summed E-state index contributed by atoms with van der Waals surface area (Å²) in [4.78, 5) is 0. The zero-order valence-electron chi connectivity index (χ0n) is 8.36. The van der Waals surface area contributed by atoms with Crippen LogP contribution >= 0.6 is 0 Å². The summed E-state index contributed by atoms with van der Waals surface area (Å²) in [5.74, 6) is 0.591. The van der Waals surface area contributed by atoms with Gasteiger partial charge in [0.05, 0.1) is 5.69 Å². The molecular formula is C11H13N3. The molecule has 0 bridgehead atoms. The van der Waals surface area contributed by atoms with Gasteiger partial charge in [0.2, 0.25) is 0 Å². The van der Waals surface area contributed by atoms with Crippen molar-refractivity contribution in [3.05, 3.63) is 41.6 Å². The van der Waals surface area contributed by atoms with Crippen LogP contribution in [-0.4, -0.2) is 9.78 Å². The minimum atomic E-state index is 0.591. The highest BCUT2D eigenvalue weighted by Crippen LogP contribution is 2.15. The number of aromatic nitrogens is 2. The van der Waals surface area contributed by atoms with Gasteiger partial charge in [0, 0.05) is 11.8 Å². The molecule has 0 fully saturated rings. The van der Waals surface area contributed by atoms with Crippen LogP contribution in [0.25, 0.3) is 5.69 Å². The Hall–Kier alpha value is -1.77. The SMILES string of the molecule is Cc1ccccc1-n1cc(C)c(N)n1. The Bertz CT molecular complexity index is 438. The molecule has 0 unspecified atom stereocenters. The van der Waals surface area contributed by atoms with Crippen molar-refractivity contribution in [2.24, 2.45) is 0 Å². The lowest BCUT2D eigenvalue weighted by Crippen LogP contribution is -1.98. The fraction of sp³-hybridized carbons (Fsp3) is 0.182. The van der Waals surface area contributed by atoms with Crippen LogP contribution in [0.1, 0.15) is 11.1 Å². The van der Waals surface area contributed by atoms with Crippen LogP contribution < -0.4 is 5.73 Å². The summed E-state index contributed by atoms with van der Waals surface area (Å²) in [7, 11) is 0. The van der Waals surface area contributed by atoms with Crippen molar-refractivity contribution in [1.29, 1.82) is 0 Å². The predicted molar refractivity (Wildman–Crippen MR) is 57.5 cm³/mol. The molecule has 1 heterocycles. The first kappa shape index (κ1) is 8.81. The molecule has 1 aromatic heterocycles. The minimum Gasteiger partial charge on any atom is -0.382 e. The van der Waals surface area contributed by atoms with Crippen molar-refractivity contribution >= 4 is 5.82 Å². The molecule has 2 N–H and O–H groups in total. The van der Waals surface area contributed by atoms with E-state index in [2.05, 4.69) is 18.1 Å². The van der Waals surface area contributed by atoms with Gasteiger partial charge in [-0.1, -0.05) is 18.2 Å². The van der Waals surface area contributed by atoms with Crippen LogP contribution in [0.15, 0.2) is 30.5 Å². The quantitative estimate of drug-likeness (QED) is 0.742. The Balaban J connectivity index is 2.55. The number of hydrogen-bond acceptors (Lipinski definition) is 2. The number of rotatable bonds is 1. The summed E-state index contributed by atoms with van der Waals surface area (Å²) in [6.07, 6.45) is 1.94. The number of aryl methyl sites for hydroxylation is 2. The first-order chi connectivity index (χ1) is 6.68. The molecule has 0 aliphatic heterocycles. The monoisotopic (exact) mass is 187 g/mol. The Morgan fingerprint density at radius 1 is 1.14 bits per heavy atom. The number of nitrogens with zero attached hydrogens (tertiary/aromatic N) is 2. The molecule has 0 atom stereocenters. The molecule has 0 saturated carbocycles. The van der Waals surface area contributed by atoms with E-state index in [1.807, 2.05) is 36.0 Å². The average Bonchev–Trinajstić information content (AvgIpc) is 2.48. The number of hydrogen-bond donors (Lipinski definition) is 1. The minimum absolute atomic E-state index is 0.591. The average molecular weight is 187 g/mol. The van der Waals surface area contributed by atoms with E-state index in [4.69, 9.17) is 5.73 Å². The number of benzene rings is 1. The van der Waals surface area contributed by atoms with Crippen LogP contribution in [0.2, 0.25) is 0 Å². The van der Waals surface area contributed by atoms with Gasteiger partial charge in [0.15, 0.2) is 0 Å². The van der Waals surface area contributed by atoms with E-state index in [0.29, 0.717) is 5.82 Å². The Morgan fingerprint density at radius 3 is 2.43 bits per heavy atom. The molecule has 0 saturated heterocycles. The van der Waals surface area contributed by atoms with E-state index in [-0.39, 0.29) is 0 Å². The van der Waals surface area contributed by atoms with Gasteiger partial charge in [0.1, 0.15) is 5.82 Å². The lowest BCUT2D eigenvalue weighted by molar-refractivity contribution is 0.877. The molecule has 72 valence electrons. The van der Waals surface area contributed by atoms with E-state index in [1.165, 1.54) is 5.56 Å². The molecule has 0 spiro atoms. The first-order valence-corrected chi connectivity index (χ1v) is 4.56. The van der Waals surface area contributed by atoms with Crippen molar-refractivity contribution < 1.29 is 0 Å². The normalized spacial score (nSPS) is 10.4. The van der Waals surface area contributed by atoms with Crippen LogP contribution in [0.4, 0.5) is 5.82 Å². The molecule has 2 aromatic rings. The molecule has 3 heteroatoms. The Labute approximate surface area is 83.2 Å². The molecule has 0 aliphatic carbocycles. The summed E-state index contributed by atoms with van der Waals surface area (Å²) in [6, 6.07) is 8.10. The van der Waals surface area contributed by atoms with Crippen molar-refractivity contribution in [3.63, 3.8) is 0 Å². The third-order valence-corrected chi connectivity index (χ3v) is 2.30. The Kier molecular flexibility index (Phi) is 2.00. The van der Waals surface area contributed by atoms with Gasteiger partial charge in [-0.05, 0) is 25.5 Å². The van der Waals surface area contributed by atoms with Gasteiger partial charge in [-0.3, -0.25) is 0 Å². The fourth-order valence-corrected chi connectivity index (χ4v) is 1.42. The van der Waals surface area contributed by atoms with E-state index in [1.54, 1.807) is 0 Å². The Morgan fingerprint density at radius 2 is 1.86 bits per heavy atom. The molecular weight excluding hydrogens is 174 g/mol. The van der Waals surface area contributed by atoms with Gasteiger partial charge in [0.25, 0.3) is 0 Å². The molecule has 0 aliphatic rings. The van der Waals surface area contributed by atoms with Crippen LogP contribution in [0, 0.1) is 13.8 Å². The number of nitrogens with two attached hydrogens (primary N) is 1. The smallest absolute Gasteiger partial charge is 0.148 e. The second kappa shape index (κ2) is 3.18. The highest BCUT2D eigenvalue weighted by atomic mass is 15.3. The van der Waals surface area contributed by atoms with Crippen LogP contribution in [0.5, 0.6) is 0 Å². The largest absolute Gasteiger partial charge is 0.382 e. The maximum atomic E-state index is 5.70. The van der Waals surface area contributed by atoms with Crippen molar-refractivity contribution in [1.82, 2.24) is 9.78 Å². The topological polar surface area (TPSA) is 43.8 Å². The van der Waals surface area contributed by atoms with Crippen molar-refractivity contribution in [3.8, 4) is 5.69 Å². The molecule has 0 radical (unpaired) electrons. The summed E-state index contributed by atoms with van der Waals surface area (Å²) in [6.45, 7) is 4.01. The summed E-state index contributed by atoms with van der Waals surface area (Å²) in [5, 5.41) is 4.24. The highest BCUT2D eigenvalue weighted by Gasteiger charge is 2.04. The van der Waals surface area contributed by atoms with Crippen LogP contribution in [-0.2, 0) is 0 Å². The van der Waals surface area contributed by atoms with Gasteiger partial charge in [-0.2, -0.15) is 5.10 Å². The molecule has 3 nitrogen and oxygen atoms in total. The second-order valence-corrected chi connectivity index (χ2v) is 3.43. The van der Waals surface area contributed by atoms with Gasteiger partial charge in [-0.25, -0.2) is 4.68 Å². The highest BCUT2D eigenvalue weighted by molar-refractivity contribution is 5.44. The zero-order chi connectivity index (χ0) is 10.1. The lowest BCUT2D eigenvalue weighted by Gasteiger charge is -2.03. The maximum absolute atomic E-state index is 5.70. The van der Waals surface area contributed by atoms with E-state index < -0.39 is 0 Å². The molecule has 2 rings (SSSR count).